The van der Waals surface area contributed by atoms with Gasteiger partial charge in [0, 0.05) is 11.1 Å². The molecule has 0 fully saturated rings. The van der Waals surface area contributed by atoms with Gasteiger partial charge in [-0.05, 0) is 31.5 Å². The highest BCUT2D eigenvalue weighted by Gasteiger charge is 2.33. The SMILES string of the molecule is Cc1cc(C)c2nc(C(F)(F)F)cc(N)c2c1. The van der Waals surface area contributed by atoms with Crippen LogP contribution in [0.4, 0.5) is 18.9 Å². The van der Waals surface area contributed by atoms with Crippen molar-refractivity contribution in [3.63, 3.8) is 0 Å². The van der Waals surface area contributed by atoms with E-state index in [2.05, 4.69) is 4.98 Å². The molecule has 1 heterocycles. The van der Waals surface area contributed by atoms with Crippen molar-refractivity contribution in [1.82, 2.24) is 4.98 Å². The summed E-state index contributed by atoms with van der Waals surface area (Å²) in [6.07, 6.45) is -4.47. The molecule has 90 valence electrons. The van der Waals surface area contributed by atoms with Crippen molar-refractivity contribution >= 4 is 16.6 Å². The maximum absolute atomic E-state index is 12.6. The van der Waals surface area contributed by atoms with Crippen molar-refractivity contribution in [3.8, 4) is 0 Å². The third-order valence-corrected chi connectivity index (χ3v) is 2.57. The molecule has 0 aliphatic heterocycles. The van der Waals surface area contributed by atoms with Crippen LogP contribution in [0.15, 0.2) is 18.2 Å². The Morgan fingerprint density at radius 1 is 1.12 bits per heavy atom. The van der Waals surface area contributed by atoms with Crippen molar-refractivity contribution in [3.05, 3.63) is 35.0 Å². The molecular weight excluding hydrogens is 229 g/mol. The average Bonchev–Trinajstić information content (AvgIpc) is 2.17. The lowest BCUT2D eigenvalue weighted by Crippen LogP contribution is -2.09. The summed E-state index contributed by atoms with van der Waals surface area (Å²) in [5.41, 5.74) is 6.76. The minimum Gasteiger partial charge on any atom is -0.398 e. The normalized spacial score (nSPS) is 12.1. The molecule has 0 amide bonds. The standard InChI is InChI=1S/C12H11F3N2/c1-6-3-7(2)11-8(4-6)9(16)5-10(17-11)12(13,14)15/h3-5H,1-2H3,(H2,16,17). The first-order valence-electron chi connectivity index (χ1n) is 5.03. The van der Waals surface area contributed by atoms with Crippen LogP contribution in [-0.4, -0.2) is 4.98 Å². The van der Waals surface area contributed by atoms with Crippen molar-refractivity contribution in [1.29, 1.82) is 0 Å². The maximum atomic E-state index is 12.6. The van der Waals surface area contributed by atoms with Gasteiger partial charge in [-0.15, -0.1) is 0 Å². The summed E-state index contributed by atoms with van der Waals surface area (Å²) >= 11 is 0. The fourth-order valence-electron chi connectivity index (χ4n) is 1.85. The fraction of sp³-hybridized carbons (Fsp3) is 0.250. The van der Waals surface area contributed by atoms with Crippen LogP contribution >= 0.6 is 0 Å². The number of rotatable bonds is 0. The van der Waals surface area contributed by atoms with Crippen LogP contribution in [0, 0.1) is 13.8 Å². The second-order valence-corrected chi connectivity index (χ2v) is 4.07. The largest absolute Gasteiger partial charge is 0.433 e. The summed E-state index contributed by atoms with van der Waals surface area (Å²) in [6.45, 7) is 3.59. The number of halogens is 3. The first-order chi connectivity index (χ1) is 7.79. The minimum absolute atomic E-state index is 0.106. The number of pyridine rings is 1. The first-order valence-corrected chi connectivity index (χ1v) is 5.03. The van der Waals surface area contributed by atoms with Gasteiger partial charge in [-0.25, -0.2) is 4.98 Å². The monoisotopic (exact) mass is 240 g/mol. The summed E-state index contributed by atoms with van der Waals surface area (Å²) in [5, 5.41) is 0.565. The number of alkyl halides is 3. The van der Waals surface area contributed by atoms with Crippen molar-refractivity contribution in [2.24, 2.45) is 0 Å². The van der Waals surface area contributed by atoms with E-state index >= 15 is 0 Å². The van der Waals surface area contributed by atoms with Gasteiger partial charge < -0.3 is 5.73 Å². The minimum atomic E-state index is -4.47. The predicted octanol–water partition coefficient (Wildman–Crippen LogP) is 3.45. The molecule has 2 aromatic rings. The predicted molar refractivity (Wildman–Crippen MR) is 60.6 cm³/mol. The third kappa shape index (κ3) is 2.05. The van der Waals surface area contributed by atoms with Gasteiger partial charge in [0.1, 0.15) is 5.69 Å². The lowest BCUT2D eigenvalue weighted by molar-refractivity contribution is -0.140. The molecule has 1 aromatic carbocycles. The van der Waals surface area contributed by atoms with Crippen LogP contribution in [0.5, 0.6) is 0 Å². The molecule has 0 saturated heterocycles. The molecule has 5 heteroatoms. The van der Waals surface area contributed by atoms with E-state index < -0.39 is 11.9 Å². The molecule has 0 bridgehead atoms. The molecule has 17 heavy (non-hydrogen) atoms. The number of nitrogen functional groups attached to an aromatic ring is 1. The van der Waals surface area contributed by atoms with Gasteiger partial charge in [0.15, 0.2) is 0 Å². The van der Waals surface area contributed by atoms with Crippen LogP contribution < -0.4 is 5.73 Å². The number of benzene rings is 1. The van der Waals surface area contributed by atoms with Gasteiger partial charge in [-0.2, -0.15) is 13.2 Å². The molecule has 0 saturated carbocycles. The van der Waals surface area contributed by atoms with Crippen molar-refractivity contribution < 1.29 is 13.2 Å². The van der Waals surface area contributed by atoms with Gasteiger partial charge in [0.2, 0.25) is 0 Å². The van der Waals surface area contributed by atoms with E-state index in [1.54, 1.807) is 19.1 Å². The van der Waals surface area contributed by atoms with E-state index in [-0.39, 0.29) is 5.69 Å². The Labute approximate surface area is 96.3 Å². The Bertz CT molecular complexity index is 588. The summed E-state index contributed by atoms with van der Waals surface area (Å²) in [5.74, 6) is 0. The van der Waals surface area contributed by atoms with Crippen LogP contribution in [0.3, 0.4) is 0 Å². The van der Waals surface area contributed by atoms with E-state index in [0.29, 0.717) is 16.5 Å². The number of hydrogen-bond donors (Lipinski definition) is 1. The number of hydrogen-bond acceptors (Lipinski definition) is 2. The lowest BCUT2D eigenvalue weighted by atomic mass is 10.0. The van der Waals surface area contributed by atoms with Gasteiger partial charge in [-0.3, -0.25) is 0 Å². The van der Waals surface area contributed by atoms with E-state index in [1.807, 2.05) is 6.92 Å². The Morgan fingerprint density at radius 2 is 1.76 bits per heavy atom. The number of nitrogens with zero attached hydrogens (tertiary/aromatic N) is 1. The first kappa shape index (κ1) is 11.7. The number of nitrogens with two attached hydrogens (primary N) is 1. The topological polar surface area (TPSA) is 38.9 Å². The molecule has 0 aliphatic carbocycles. The van der Waals surface area contributed by atoms with Gasteiger partial charge in [0.05, 0.1) is 5.52 Å². The van der Waals surface area contributed by atoms with Gasteiger partial charge >= 0.3 is 6.18 Å². The Kier molecular flexibility index (Phi) is 2.49. The van der Waals surface area contributed by atoms with E-state index in [9.17, 15) is 13.2 Å². The number of aromatic nitrogens is 1. The summed E-state index contributed by atoms with van der Waals surface area (Å²) in [4.78, 5) is 3.64. The van der Waals surface area contributed by atoms with E-state index in [0.717, 1.165) is 11.6 Å². The van der Waals surface area contributed by atoms with Crippen LogP contribution in [0.2, 0.25) is 0 Å². The lowest BCUT2D eigenvalue weighted by Gasteiger charge is -2.11. The molecule has 2 rings (SSSR count). The zero-order valence-corrected chi connectivity index (χ0v) is 9.39. The van der Waals surface area contributed by atoms with Crippen molar-refractivity contribution in [2.45, 2.75) is 20.0 Å². The Morgan fingerprint density at radius 3 is 2.35 bits per heavy atom. The Balaban J connectivity index is 2.83. The molecule has 1 aromatic heterocycles. The van der Waals surface area contributed by atoms with Crippen molar-refractivity contribution in [2.75, 3.05) is 5.73 Å². The second-order valence-electron chi connectivity index (χ2n) is 4.07. The molecule has 0 unspecified atom stereocenters. The highest BCUT2D eigenvalue weighted by atomic mass is 19.4. The zero-order valence-electron chi connectivity index (χ0n) is 9.39. The fourth-order valence-corrected chi connectivity index (χ4v) is 1.85. The molecule has 0 aliphatic rings. The Hall–Kier alpha value is -1.78. The highest BCUT2D eigenvalue weighted by Crippen LogP contribution is 2.33. The number of anilines is 1. The van der Waals surface area contributed by atoms with Crippen LogP contribution in [-0.2, 0) is 6.18 Å². The summed E-state index contributed by atoms with van der Waals surface area (Å²) in [6, 6.07) is 4.40. The molecule has 0 atom stereocenters. The average molecular weight is 240 g/mol. The molecule has 2 N–H and O–H groups in total. The smallest absolute Gasteiger partial charge is 0.398 e. The second kappa shape index (κ2) is 3.61. The highest BCUT2D eigenvalue weighted by molar-refractivity contribution is 5.92. The number of aryl methyl sites for hydroxylation is 2. The molecule has 2 nitrogen and oxygen atoms in total. The zero-order chi connectivity index (χ0) is 12.8. The van der Waals surface area contributed by atoms with E-state index in [4.69, 9.17) is 5.73 Å². The third-order valence-electron chi connectivity index (χ3n) is 2.57. The maximum Gasteiger partial charge on any atom is 0.433 e. The summed E-state index contributed by atoms with van der Waals surface area (Å²) in [7, 11) is 0. The molecular formula is C12H11F3N2. The van der Waals surface area contributed by atoms with Gasteiger partial charge in [-0.1, -0.05) is 11.6 Å². The quantitative estimate of drug-likeness (QED) is 0.765. The van der Waals surface area contributed by atoms with Gasteiger partial charge in [0.25, 0.3) is 0 Å². The molecule has 0 radical (unpaired) electrons. The van der Waals surface area contributed by atoms with E-state index in [1.165, 1.54) is 0 Å². The summed E-state index contributed by atoms with van der Waals surface area (Å²) < 4.78 is 37.8. The number of fused-ring (bicyclic) bond motifs is 1. The molecule has 0 spiro atoms. The van der Waals surface area contributed by atoms with Crippen LogP contribution in [0.1, 0.15) is 16.8 Å². The van der Waals surface area contributed by atoms with Crippen LogP contribution in [0.25, 0.3) is 10.9 Å².